The summed E-state index contributed by atoms with van der Waals surface area (Å²) in [5.74, 6) is -1.09. The van der Waals surface area contributed by atoms with Crippen LogP contribution < -0.4 is 4.90 Å². The Labute approximate surface area is 225 Å². The van der Waals surface area contributed by atoms with E-state index in [9.17, 15) is 24.3 Å². The number of nitrogens with zero attached hydrogens (tertiary/aromatic N) is 2. The zero-order valence-electron chi connectivity index (χ0n) is 24.2. The van der Waals surface area contributed by atoms with E-state index >= 15 is 0 Å². The highest BCUT2D eigenvalue weighted by Gasteiger charge is 2.43. The average Bonchev–Trinajstić information content (AvgIpc) is 3.03. The Hall–Kier alpha value is -3.30. The lowest BCUT2D eigenvalue weighted by atomic mass is 10.1. The van der Waals surface area contributed by atoms with Gasteiger partial charge in [0.2, 0.25) is 5.91 Å². The van der Waals surface area contributed by atoms with Crippen LogP contribution in [0.4, 0.5) is 15.3 Å². The number of imide groups is 1. The van der Waals surface area contributed by atoms with Crippen molar-refractivity contribution in [3.05, 3.63) is 23.8 Å². The van der Waals surface area contributed by atoms with E-state index in [1.165, 1.54) is 0 Å². The molecule has 1 aliphatic heterocycles. The molecular weight excluding hydrogens is 492 g/mol. The van der Waals surface area contributed by atoms with Crippen LogP contribution in [0.2, 0.25) is 0 Å². The van der Waals surface area contributed by atoms with Crippen LogP contribution in [0.3, 0.4) is 0 Å². The Kier molecular flexibility index (Phi) is 9.12. The molecule has 3 amide bonds. The van der Waals surface area contributed by atoms with Gasteiger partial charge in [0.25, 0.3) is 0 Å². The van der Waals surface area contributed by atoms with Crippen molar-refractivity contribution < 1.29 is 38.5 Å². The number of anilines is 1. The highest BCUT2D eigenvalue weighted by Crippen LogP contribution is 2.38. The second-order valence-corrected chi connectivity index (χ2v) is 12.5. The third-order valence-corrected chi connectivity index (χ3v) is 5.40. The Balaban J connectivity index is 2.42. The number of benzene rings is 1. The van der Waals surface area contributed by atoms with E-state index in [0.717, 1.165) is 0 Å². The molecule has 0 spiro atoms. The first kappa shape index (κ1) is 30.9. The van der Waals surface area contributed by atoms with Crippen molar-refractivity contribution in [3.8, 4) is 5.75 Å². The number of fused-ring (bicyclic) bond motifs is 1. The van der Waals surface area contributed by atoms with Crippen molar-refractivity contribution in [2.45, 2.75) is 117 Å². The summed E-state index contributed by atoms with van der Waals surface area (Å²) >= 11 is 0. The van der Waals surface area contributed by atoms with Gasteiger partial charge in [0.15, 0.2) is 0 Å². The molecule has 10 nitrogen and oxygen atoms in total. The number of aromatic hydroxyl groups is 1. The van der Waals surface area contributed by atoms with Gasteiger partial charge in [0.1, 0.15) is 28.6 Å². The van der Waals surface area contributed by atoms with Gasteiger partial charge in [-0.1, -0.05) is 6.07 Å². The quantitative estimate of drug-likeness (QED) is 0.397. The Morgan fingerprint density at radius 2 is 1.42 bits per heavy atom. The van der Waals surface area contributed by atoms with Crippen molar-refractivity contribution in [2.24, 2.45) is 0 Å². The number of rotatable bonds is 5. The van der Waals surface area contributed by atoms with Crippen LogP contribution in [0.5, 0.6) is 5.75 Å². The maximum atomic E-state index is 13.4. The van der Waals surface area contributed by atoms with Crippen LogP contribution in [0.15, 0.2) is 18.2 Å². The van der Waals surface area contributed by atoms with Gasteiger partial charge in [-0.3, -0.25) is 4.79 Å². The van der Waals surface area contributed by atoms with Gasteiger partial charge < -0.3 is 24.2 Å². The molecule has 38 heavy (non-hydrogen) atoms. The summed E-state index contributed by atoms with van der Waals surface area (Å²) in [7, 11) is 0. The lowest BCUT2D eigenvalue weighted by molar-refractivity contribution is -0.161. The summed E-state index contributed by atoms with van der Waals surface area (Å²) in [6, 6.07) is 3.26. The molecule has 0 bridgehead atoms. The van der Waals surface area contributed by atoms with Crippen LogP contribution in [-0.4, -0.2) is 63.0 Å². The first-order valence-electron chi connectivity index (χ1n) is 12.8. The number of phenolic OH excluding ortho intramolecular Hbond substituents is 1. The van der Waals surface area contributed by atoms with Gasteiger partial charge in [0, 0.05) is 18.0 Å². The molecule has 0 aromatic heterocycles. The largest absolute Gasteiger partial charge is 0.508 e. The van der Waals surface area contributed by atoms with Crippen molar-refractivity contribution in [2.75, 3.05) is 4.90 Å². The van der Waals surface area contributed by atoms with E-state index in [1.54, 1.807) is 85.4 Å². The molecule has 1 aromatic rings. The maximum Gasteiger partial charge on any atom is 0.420 e. The summed E-state index contributed by atoms with van der Waals surface area (Å²) in [6.07, 6.45) is -2.10. The van der Waals surface area contributed by atoms with Crippen LogP contribution in [0, 0.1) is 0 Å². The fourth-order valence-corrected chi connectivity index (χ4v) is 4.06. The fraction of sp³-hybridized carbons (Fsp3) is 0.643. The molecule has 0 radical (unpaired) electrons. The monoisotopic (exact) mass is 534 g/mol. The van der Waals surface area contributed by atoms with Crippen LogP contribution in [0.1, 0.15) is 87.6 Å². The van der Waals surface area contributed by atoms with E-state index in [1.807, 2.05) is 6.92 Å². The number of amides is 3. The average molecular weight is 535 g/mol. The molecule has 212 valence electrons. The van der Waals surface area contributed by atoms with Crippen molar-refractivity contribution >= 4 is 29.8 Å². The number of hydrogen-bond acceptors (Lipinski definition) is 8. The van der Waals surface area contributed by atoms with Crippen LogP contribution >= 0.6 is 0 Å². The van der Waals surface area contributed by atoms with E-state index in [-0.39, 0.29) is 30.5 Å². The lowest BCUT2D eigenvalue weighted by Gasteiger charge is -2.34. The summed E-state index contributed by atoms with van der Waals surface area (Å²) in [4.78, 5) is 55.4. The predicted molar refractivity (Wildman–Crippen MR) is 142 cm³/mol. The van der Waals surface area contributed by atoms with E-state index in [4.69, 9.17) is 14.2 Å². The summed E-state index contributed by atoms with van der Waals surface area (Å²) in [5.41, 5.74) is -1.61. The number of phenols is 1. The second-order valence-electron chi connectivity index (χ2n) is 12.5. The third kappa shape index (κ3) is 8.36. The molecule has 1 aliphatic rings. The summed E-state index contributed by atoms with van der Waals surface area (Å²) in [6.45, 7) is 16.6. The van der Waals surface area contributed by atoms with E-state index in [0.29, 0.717) is 22.6 Å². The Morgan fingerprint density at radius 1 is 0.921 bits per heavy atom. The number of hydrogen-bond donors (Lipinski definition) is 1. The zero-order chi connectivity index (χ0) is 29.2. The van der Waals surface area contributed by atoms with Gasteiger partial charge in [0.05, 0.1) is 5.69 Å². The van der Waals surface area contributed by atoms with Gasteiger partial charge in [-0.05, 0) is 94.2 Å². The molecule has 0 aliphatic carbocycles. The minimum absolute atomic E-state index is 0.109. The fourth-order valence-electron chi connectivity index (χ4n) is 4.06. The van der Waals surface area contributed by atoms with Crippen LogP contribution in [0.25, 0.3) is 0 Å². The molecule has 1 aromatic carbocycles. The molecule has 1 heterocycles. The molecule has 0 saturated heterocycles. The SMILES string of the molecule is CC1Cc2c(O)cccc2N1C(=O)CC[C@@H](C(=O)OC(C)(C)C)N(C(=O)OC(C)(C)C)C(=O)OC(C)(C)C. The second kappa shape index (κ2) is 11.2. The van der Waals surface area contributed by atoms with Crippen molar-refractivity contribution in [3.63, 3.8) is 0 Å². The minimum atomic E-state index is -1.48. The predicted octanol–water partition coefficient (Wildman–Crippen LogP) is 5.33. The third-order valence-electron chi connectivity index (χ3n) is 5.40. The van der Waals surface area contributed by atoms with Gasteiger partial charge in [-0.2, -0.15) is 4.90 Å². The van der Waals surface area contributed by atoms with Gasteiger partial charge in [-0.15, -0.1) is 0 Å². The minimum Gasteiger partial charge on any atom is -0.508 e. The first-order valence-corrected chi connectivity index (χ1v) is 12.8. The van der Waals surface area contributed by atoms with Crippen LogP contribution in [-0.2, 0) is 30.2 Å². The molecular formula is C28H42N2O8. The topological polar surface area (TPSA) is 123 Å². The molecule has 10 heteroatoms. The van der Waals surface area contributed by atoms with Gasteiger partial charge >= 0.3 is 18.2 Å². The summed E-state index contributed by atoms with van der Waals surface area (Å²) in [5, 5.41) is 10.2. The zero-order valence-corrected chi connectivity index (χ0v) is 24.2. The van der Waals surface area contributed by atoms with Crippen molar-refractivity contribution in [1.82, 2.24) is 4.90 Å². The standard InChI is InChI=1S/C28H42N2O8/c1-17-16-18-19(12-11-13-21(18)31)29(17)22(32)15-14-20(23(33)36-26(2,3)4)30(24(34)37-27(5,6)7)25(35)38-28(8,9)10/h11-13,17,20,31H,14-16H2,1-10H3/t17?,20-/m0/s1. The normalized spacial score (nSPS) is 16.4. The maximum absolute atomic E-state index is 13.4. The highest BCUT2D eigenvalue weighted by atomic mass is 16.6. The molecule has 0 fully saturated rings. The number of esters is 1. The van der Waals surface area contributed by atoms with E-state index < -0.39 is 41.0 Å². The van der Waals surface area contributed by atoms with Crippen molar-refractivity contribution in [1.29, 1.82) is 0 Å². The Bertz CT molecular complexity index is 1030. The molecule has 2 rings (SSSR count). The highest BCUT2D eigenvalue weighted by molar-refractivity contribution is 5.98. The molecule has 2 atom stereocenters. The summed E-state index contributed by atoms with van der Waals surface area (Å²) < 4.78 is 16.4. The lowest BCUT2D eigenvalue weighted by Crippen LogP contribution is -2.53. The van der Waals surface area contributed by atoms with E-state index in [2.05, 4.69) is 0 Å². The number of carbonyl (C=O) groups excluding carboxylic acids is 4. The number of ether oxygens (including phenoxy) is 3. The first-order chi connectivity index (χ1) is 17.2. The Morgan fingerprint density at radius 3 is 1.89 bits per heavy atom. The molecule has 0 saturated carbocycles. The molecule has 1 unspecified atom stereocenters. The van der Waals surface area contributed by atoms with Gasteiger partial charge in [-0.25, -0.2) is 14.4 Å². The molecule has 1 N–H and O–H groups in total. The number of carbonyl (C=O) groups is 4. The smallest absolute Gasteiger partial charge is 0.420 e.